The number of anilines is 1. The van der Waals surface area contributed by atoms with E-state index in [1.54, 1.807) is 0 Å². The summed E-state index contributed by atoms with van der Waals surface area (Å²) in [6.45, 7) is 11.4. The van der Waals surface area contributed by atoms with Crippen LogP contribution in [0.25, 0.3) is 11.1 Å². The van der Waals surface area contributed by atoms with Crippen molar-refractivity contribution in [3.05, 3.63) is 99.9 Å². The molecule has 0 heterocycles. The Labute approximate surface area is 251 Å². The molecular formula is C37H49F4N. The van der Waals surface area contributed by atoms with Crippen LogP contribution in [0.5, 0.6) is 0 Å². The fourth-order valence-electron chi connectivity index (χ4n) is 5.10. The van der Waals surface area contributed by atoms with Gasteiger partial charge in [-0.05, 0) is 96.2 Å². The summed E-state index contributed by atoms with van der Waals surface area (Å²) < 4.78 is 53.9. The normalized spacial score (nSPS) is 13.7. The van der Waals surface area contributed by atoms with Crippen molar-refractivity contribution in [1.82, 2.24) is 0 Å². The number of rotatable bonds is 8. The Hall–Kier alpha value is -3.08. The second-order valence-corrected chi connectivity index (χ2v) is 11.4. The van der Waals surface area contributed by atoms with Gasteiger partial charge in [0.2, 0.25) is 0 Å². The van der Waals surface area contributed by atoms with Gasteiger partial charge in [0.1, 0.15) is 5.82 Å². The summed E-state index contributed by atoms with van der Waals surface area (Å²) in [5.41, 5.74) is 12.7. The molecular weight excluding hydrogens is 534 g/mol. The predicted octanol–water partition coefficient (Wildman–Crippen LogP) is 11.7. The van der Waals surface area contributed by atoms with E-state index < -0.39 is 11.7 Å². The summed E-state index contributed by atoms with van der Waals surface area (Å²) in [5, 5.41) is 0. The van der Waals surface area contributed by atoms with Crippen LogP contribution in [0.2, 0.25) is 0 Å². The third-order valence-corrected chi connectivity index (χ3v) is 7.66. The highest BCUT2D eigenvalue weighted by molar-refractivity contribution is 6.00. The molecule has 1 nitrogen and oxygen atoms in total. The highest BCUT2D eigenvalue weighted by Crippen LogP contribution is 2.44. The van der Waals surface area contributed by atoms with Crippen LogP contribution in [0.1, 0.15) is 113 Å². The van der Waals surface area contributed by atoms with E-state index in [0.717, 1.165) is 78.0 Å². The summed E-state index contributed by atoms with van der Waals surface area (Å²) in [4.78, 5) is 0. The summed E-state index contributed by atoms with van der Waals surface area (Å²) in [6.07, 6.45) is 7.99. The minimum Gasteiger partial charge on any atom is -0.399 e. The highest BCUT2D eigenvalue weighted by Gasteiger charge is 2.31. The van der Waals surface area contributed by atoms with Gasteiger partial charge >= 0.3 is 0 Å². The van der Waals surface area contributed by atoms with E-state index in [4.69, 9.17) is 5.73 Å². The van der Waals surface area contributed by atoms with Gasteiger partial charge in [-0.25, -0.2) is 13.2 Å². The summed E-state index contributed by atoms with van der Waals surface area (Å²) in [5.74, 6) is -2.86. The first-order valence-electron chi connectivity index (χ1n) is 15.4. The van der Waals surface area contributed by atoms with Crippen molar-refractivity contribution < 1.29 is 17.6 Å². The van der Waals surface area contributed by atoms with E-state index >= 15 is 0 Å². The smallest absolute Gasteiger partial charge is 0.271 e. The minimum atomic E-state index is -3.15. The zero-order valence-electron chi connectivity index (χ0n) is 26.3. The van der Waals surface area contributed by atoms with E-state index in [1.807, 2.05) is 56.3 Å². The second-order valence-electron chi connectivity index (χ2n) is 11.4. The van der Waals surface area contributed by atoms with E-state index in [-0.39, 0.29) is 12.2 Å². The number of nitrogens with two attached hydrogens (primary N) is 1. The Kier molecular flexibility index (Phi) is 14.3. The fraction of sp³-hybridized carbons (Fsp3) is 0.459. The number of benzene rings is 3. The molecule has 0 saturated carbocycles. The molecule has 0 aromatic heterocycles. The lowest BCUT2D eigenvalue weighted by molar-refractivity contribution is 0.0168. The number of unbranched alkanes of at least 4 members (excludes halogenated alkanes) is 1. The van der Waals surface area contributed by atoms with Crippen LogP contribution >= 0.6 is 0 Å². The van der Waals surface area contributed by atoms with E-state index in [1.165, 1.54) is 31.4 Å². The molecule has 3 aromatic rings. The number of nitrogen functional groups attached to an aromatic ring is 1. The average molecular weight is 584 g/mol. The maximum atomic E-state index is 14.5. The van der Waals surface area contributed by atoms with Crippen LogP contribution in [-0.4, -0.2) is 6.67 Å². The fourth-order valence-corrected chi connectivity index (χ4v) is 5.10. The van der Waals surface area contributed by atoms with Gasteiger partial charge in [-0.15, -0.1) is 0 Å². The molecule has 0 radical (unpaired) electrons. The molecule has 0 fully saturated rings. The van der Waals surface area contributed by atoms with Gasteiger partial charge < -0.3 is 5.73 Å². The Balaban J connectivity index is 0.000000434. The topological polar surface area (TPSA) is 26.0 Å². The van der Waals surface area contributed by atoms with Crippen LogP contribution in [-0.2, 0) is 12.3 Å². The number of aryl methyl sites for hydroxylation is 2. The van der Waals surface area contributed by atoms with E-state index in [9.17, 15) is 17.6 Å². The largest absolute Gasteiger partial charge is 0.399 e. The van der Waals surface area contributed by atoms with Crippen molar-refractivity contribution in [3.63, 3.8) is 0 Å². The number of hydrogen-bond donors (Lipinski definition) is 1. The number of hydrogen-bond acceptors (Lipinski definition) is 1. The van der Waals surface area contributed by atoms with Crippen molar-refractivity contribution in [3.8, 4) is 0 Å². The Morgan fingerprint density at radius 2 is 1.55 bits per heavy atom. The minimum absolute atomic E-state index is 0.156. The first-order valence-corrected chi connectivity index (χ1v) is 15.4. The van der Waals surface area contributed by atoms with Gasteiger partial charge in [0.05, 0.1) is 6.67 Å². The van der Waals surface area contributed by atoms with Crippen molar-refractivity contribution in [2.45, 2.75) is 98.8 Å². The Bertz CT molecular complexity index is 1270. The van der Waals surface area contributed by atoms with Crippen LogP contribution in [0, 0.1) is 18.7 Å². The van der Waals surface area contributed by atoms with Gasteiger partial charge in [0.25, 0.3) is 5.92 Å². The summed E-state index contributed by atoms with van der Waals surface area (Å²) in [6, 6.07) is 17.6. The summed E-state index contributed by atoms with van der Waals surface area (Å²) >= 11 is 0. The van der Waals surface area contributed by atoms with Crippen molar-refractivity contribution in [1.29, 1.82) is 0 Å². The maximum absolute atomic E-state index is 14.5. The maximum Gasteiger partial charge on any atom is 0.271 e. The van der Waals surface area contributed by atoms with E-state index in [2.05, 4.69) is 20.8 Å². The van der Waals surface area contributed by atoms with Crippen LogP contribution in [0.15, 0.2) is 60.7 Å². The molecule has 0 spiro atoms. The molecule has 0 aliphatic heterocycles. The number of fused-ring (bicyclic) bond motifs is 1. The van der Waals surface area contributed by atoms with Crippen molar-refractivity contribution in [2.24, 2.45) is 5.92 Å². The van der Waals surface area contributed by atoms with Gasteiger partial charge in [-0.1, -0.05) is 95.3 Å². The molecule has 1 aliphatic rings. The summed E-state index contributed by atoms with van der Waals surface area (Å²) in [7, 11) is 0. The van der Waals surface area contributed by atoms with Gasteiger partial charge in [-0.3, -0.25) is 4.39 Å². The molecule has 4 rings (SSSR count). The molecule has 42 heavy (non-hydrogen) atoms. The predicted molar refractivity (Wildman–Crippen MR) is 172 cm³/mol. The van der Waals surface area contributed by atoms with Crippen LogP contribution in [0.4, 0.5) is 23.2 Å². The standard InChI is InChI=1S/C26H24F3N.C7H16.C4H9F/c1-16-6-8-17(9-7-16)25-21-13-11-20(30)14-18(21)4-3-5-23(25)22-12-10-19(27)15-24(22)26(2,28)29;1-4-6-7(3)5-2;1-2-3-4-5/h6-15H,3-5,30H2,1-2H3;7H,4-6H2,1-3H3;2-4H2,1H3. The molecule has 3 aromatic carbocycles. The van der Waals surface area contributed by atoms with Crippen molar-refractivity contribution in [2.75, 3.05) is 12.4 Å². The molecule has 0 amide bonds. The molecule has 5 heteroatoms. The van der Waals surface area contributed by atoms with Gasteiger partial charge in [-0.2, -0.15) is 0 Å². The quantitative estimate of drug-likeness (QED) is 0.207. The lowest BCUT2D eigenvalue weighted by atomic mass is 9.85. The number of allylic oxidation sites excluding steroid dienone is 1. The van der Waals surface area contributed by atoms with Gasteiger partial charge in [0, 0.05) is 18.2 Å². The number of halogens is 4. The average Bonchev–Trinajstić information content (AvgIpc) is 3.13. The lowest BCUT2D eigenvalue weighted by Gasteiger charge is -2.21. The second kappa shape index (κ2) is 17.1. The lowest BCUT2D eigenvalue weighted by Crippen LogP contribution is -2.12. The van der Waals surface area contributed by atoms with E-state index in [0.29, 0.717) is 17.7 Å². The zero-order chi connectivity index (χ0) is 31.3. The molecule has 2 N–H and O–H groups in total. The first kappa shape index (κ1) is 35.1. The monoisotopic (exact) mass is 583 g/mol. The molecule has 1 unspecified atom stereocenters. The number of alkyl halides is 3. The molecule has 0 saturated heterocycles. The third kappa shape index (κ3) is 10.3. The van der Waals surface area contributed by atoms with Crippen molar-refractivity contribution >= 4 is 16.8 Å². The molecule has 1 aliphatic carbocycles. The van der Waals surface area contributed by atoms with Gasteiger partial charge in [0.15, 0.2) is 0 Å². The Morgan fingerprint density at radius 1 is 0.881 bits per heavy atom. The van der Waals surface area contributed by atoms with Crippen LogP contribution in [0.3, 0.4) is 0 Å². The van der Waals surface area contributed by atoms with Crippen LogP contribution < -0.4 is 5.73 Å². The molecule has 1 atom stereocenters. The SMILES string of the molecule is CCCC(C)CC.CCCCF.Cc1ccc(C2=C(c3ccc(F)cc3C(C)(F)F)CCCc3cc(N)ccc32)cc1. The third-order valence-electron chi connectivity index (χ3n) is 7.66. The first-order chi connectivity index (χ1) is 20.0. The highest BCUT2D eigenvalue weighted by atomic mass is 19.3. The zero-order valence-corrected chi connectivity index (χ0v) is 26.3. The molecule has 0 bridgehead atoms. The molecule has 230 valence electrons. The Morgan fingerprint density at radius 3 is 2.07 bits per heavy atom.